The number of amides is 2. The van der Waals surface area contributed by atoms with Crippen molar-refractivity contribution in [1.29, 1.82) is 0 Å². The van der Waals surface area contributed by atoms with E-state index in [4.69, 9.17) is 8.83 Å². The minimum absolute atomic E-state index is 0.0201. The quantitative estimate of drug-likeness (QED) is 0.0462. The highest BCUT2D eigenvalue weighted by molar-refractivity contribution is 7.91. The lowest BCUT2D eigenvalue weighted by Crippen LogP contribution is -2.45. The number of furan rings is 2. The number of nitrogens with zero attached hydrogens (tertiary/aromatic N) is 6. The first-order valence-corrected chi connectivity index (χ1v) is 23.9. The van der Waals surface area contributed by atoms with Crippen LogP contribution in [-0.4, -0.2) is 71.0 Å². The molecule has 0 spiro atoms. The van der Waals surface area contributed by atoms with E-state index in [9.17, 15) is 35.2 Å². The van der Waals surface area contributed by atoms with Crippen LogP contribution in [0.3, 0.4) is 0 Å². The van der Waals surface area contributed by atoms with E-state index in [2.05, 4.69) is 61.1 Å². The number of carbonyl (C=O) groups is 2. The molecule has 8 rings (SSSR count). The number of anilines is 2. The molecule has 0 unspecified atom stereocenters. The molecule has 4 aromatic carbocycles. The highest BCUT2D eigenvalue weighted by Gasteiger charge is 2.25. The molecule has 4 aromatic heterocycles. The fourth-order valence-electron chi connectivity index (χ4n) is 6.30. The highest BCUT2D eigenvalue weighted by atomic mass is 32.2. The van der Waals surface area contributed by atoms with Gasteiger partial charge >= 0.3 is 11.8 Å². The Kier molecular flexibility index (Phi) is 15.8. The smallest absolute Gasteiger partial charge is 0.305 e. The van der Waals surface area contributed by atoms with Crippen LogP contribution in [0, 0.1) is 11.6 Å². The molecule has 0 radical (unpaired) electrons. The third-order valence-electron chi connectivity index (χ3n) is 9.91. The summed E-state index contributed by atoms with van der Waals surface area (Å²) in [6.07, 6.45) is 6.34. The molecule has 0 aliphatic heterocycles. The number of benzene rings is 4. The lowest BCUT2D eigenvalue weighted by atomic mass is 10.1. The van der Waals surface area contributed by atoms with Crippen molar-refractivity contribution in [2.45, 2.75) is 37.2 Å². The van der Waals surface area contributed by atoms with Gasteiger partial charge in [0, 0.05) is 35.0 Å². The summed E-state index contributed by atoms with van der Waals surface area (Å²) in [6, 6.07) is 31.9. The second-order valence-electron chi connectivity index (χ2n) is 15.0. The monoisotopic (exact) mass is 992 g/mol. The van der Waals surface area contributed by atoms with E-state index in [1.807, 2.05) is 60.7 Å². The molecule has 6 N–H and O–H groups in total. The molecule has 4 heterocycles. The zero-order valence-corrected chi connectivity index (χ0v) is 38.6. The molecular formula is C46H42F2N12O8S2. The maximum absolute atomic E-state index is 13.1. The van der Waals surface area contributed by atoms with Crippen molar-refractivity contribution in [1.82, 2.24) is 41.6 Å². The number of halogens is 2. The topological polar surface area (TPSA) is 277 Å². The number of hydrogen-bond acceptors (Lipinski definition) is 12. The van der Waals surface area contributed by atoms with E-state index in [-0.39, 0.29) is 47.9 Å². The number of guanidine groups is 2. The first-order valence-electron chi connectivity index (χ1n) is 20.9. The molecule has 24 heteroatoms. The van der Waals surface area contributed by atoms with Crippen LogP contribution < -0.4 is 32.3 Å². The van der Waals surface area contributed by atoms with Crippen molar-refractivity contribution in [2.24, 2.45) is 8.80 Å². The molecule has 360 valence electrons. The van der Waals surface area contributed by atoms with Crippen LogP contribution >= 0.6 is 0 Å². The Morgan fingerprint density at radius 2 is 0.900 bits per heavy atom. The standard InChI is InChI=1S/2C23H21FN6O4S/c2*1-15(12-21-25-13-17(24)14-26-21)35(32,33)30-23(29-28-22(31)20-10-5-11-34-20)27-19-9-4-7-16-6-2-3-8-18(16)19/h2*2-11,13-15H,12H2,1H3,(H,28,31)(H2,27,29,30)/t2*15-/m10/s1. The van der Waals surface area contributed by atoms with Gasteiger partial charge in [-0.3, -0.25) is 31.3 Å². The van der Waals surface area contributed by atoms with Crippen molar-refractivity contribution in [3.63, 3.8) is 0 Å². The minimum Gasteiger partial charge on any atom is -0.459 e. The minimum atomic E-state index is -4.13. The molecule has 2 atom stereocenters. The van der Waals surface area contributed by atoms with Crippen molar-refractivity contribution in [3.05, 3.63) is 181 Å². The van der Waals surface area contributed by atoms with Crippen molar-refractivity contribution >= 4 is 76.7 Å². The van der Waals surface area contributed by atoms with Crippen molar-refractivity contribution in [2.75, 3.05) is 10.6 Å². The summed E-state index contributed by atoms with van der Waals surface area (Å²) in [5.74, 6) is -2.65. The van der Waals surface area contributed by atoms with E-state index in [0.29, 0.717) is 11.4 Å². The number of sulfonamides is 2. The molecule has 0 fully saturated rings. The molecule has 2 amide bonds. The molecule has 20 nitrogen and oxygen atoms in total. The van der Waals surface area contributed by atoms with Crippen LogP contribution in [0.2, 0.25) is 0 Å². The predicted molar refractivity (Wildman–Crippen MR) is 257 cm³/mol. The van der Waals surface area contributed by atoms with Crippen LogP contribution in [0.5, 0.6) is 0 Å². The molecule has 8 aromatic rings. The third kappa shape index (κ3) is 13.3. The Morgan fingerprint density at radius 1 is 0.529 bits per heavy atom. The van der Waals surface area contributed by atoms with Crippen molar-refractivity contribution < 1.29 is 44.0 Å². The summed E-state index contributed by atoms with van der Waals surface area (Å²) in [6.45, 7) is 2.87. The zero-order chi connectivity index (χ0) is 49.7. The van der Waals surface area contributed by atoms with Gasteiger partial charge in [0.05, 0.1) is 47.8 Å². The summed E-state index contributed by atoms with van der Waals surface area (Å²) >= 11 is 0. The number of carbonyl (C=O) groups excluding carboxylic acids is 2. The van der Waals surface area contributed by atoms with Gasteiger partial charge < -0.3 is 19.5 Å². The number of aromatic nitrogens is 4. The Morgan fingerprint density at radius 3 is 1.27 bits per heavy atom. The number of nitrogens with one attached hydrogen (secondary N) is 6. The van der Waals surface area contributed by atoms with Crippen LogP contribution in [0.15, 0.2) is 164 Å². The van der Waals surface area contributed by atoms with Crippen LogP contribution in [-0.2, 0) is 32.9 Å². The Bertz CT molecular complexity index is 3130. The van der Waals surface area contributed by atoms with E-state index in [0.717, 1.165) is 46.3 Å². The average Bonchev–Trinajstić information content (AvgIpc) is 4.11. The van der Waals surface area contributed by atoms with Gasteiger partial charge in [-0.2, -0.15) is 0 Å². The number of fused-ring (bicyclic) bond motifs is 2. The third-order valence-corrected chi connectivity index (χ3v) is 13.1. The highest BCUT2D eigenvalue weighted by Crippen LogP contribution is 2.24. The number of hydrazine groups is 2. The molecule has 0 saturated heterocycles. The average molecular weight is 993 g/mol. The second kappa shape index (κ2) is 22.4. The zero-order valence-electron chi connectivity index (χ0n) is 36.9. The maximum atomic E-state index is 13.1. The maximum Gasteiger partial charge on any atom is 0.305 e. The Balaban J connectivity index is 0.000000206. The Labute approximate surface area is 398 Å². The molecule has 0 aliphatic carbocycles. The van der Waals surface area contributed by atoms with Gasteiger partial charge in [-0.05, 0) is 61.0 Å². The van der Waals surface area contributed by atoms with Gasteiger partial charge in [0.2, 0.25) is 11.9 Å². The summed E-state index contributed by atoms with van der Waals surface area (Å²) in [5.41, 5.74) is 10.9. The van der Waals surface area contributed by atoms with Gasteiger partial charge in [0.25, 0.3) is 20.0 Å². The van der Waals surface area contributed by atoms with E-state index < -0.39 is 54.0 Å². The molecule has 0 saturated carbocycles. The fraction of sp³-hybridized carbons (Fsp3) is 0.130. The first kappa shape index (κ1) is 49.3. The van der Waals surface area contributed by atoms with E-state index in [1.54, 1.807) is 36.4 Å². The number of hydrogen-bond donors (Lipinski definition) is 6. The molecule has 70 heavy (non-hydrogen) atoms. The second-order valence-corrected chi connectivity index (χ2v) is 19.0. The lowest BCUT2D eigenvalue weighted by molar-refractivity contribution is 0.0909. The van der Waals surface area contributed by atoms with Crippen LogP contribution in [0.25, 0.3) is 21.5 Å². The van der Waals surface area contributed by atoms with Gasteiger partial charge in [0.1, 0.15) is 11.6 Å². The van der Waals surface area contributed by atoms with E-state index in [1.165, 1.54) is 38.5 Å². The summed E-state index contributed by atoms with van der Waals surface area (Å²) in [4.78, 5) is 39.8. The van der Waals surface area contributed by atoms with Crippen molar-refractivity contribution in [3.8, 4) is 0 Å². The molecule has 0 aliphatic rings. The largest absolute Gasteiger partial charge is 0.459 e. The summed E-state index contributed by atoms with van der Waals surface area (Å²) in [7, 11) is -8.26. The fourth-order valence-corrected chi connectivity index (χ4v) is 8.07. The van der Waals surface area contributed by atoms with Gasteiger partial charge in [-0.25, -0.2) is 45.6 Å². The predicted octanol–water partition coefficient (Wildman–Crippen LogP) is 6.05. The van der Waals surface area contributed by atoms with Gasteiger partial charge in [-0.15, -0.1) is 8.80 Å². The van der Waals surface area contributed by atoms with Crippen LogP contribution in [0.1, 0.15) is 46.6 Å². The summed E-state index contributed by atoms with van der Waals surface area (Å²) < 4.78 is 96.0. The Hall–Kier alpha value is -8.64. The molecular weight excluding hydrogens is 951 g/mol. The summed E-state index contributed by atoms with van der Waals surface area (Å²) in [5, 5.41) is 7.25. The van der Waals surface area contributed by atoms with Gasteiger partial charge in [0.15, 0.2) is 23.2 Å². The lowest BCUT2D eigenvalue weighted by Gasteiger charge is -2.16. The molecule has 0 bridgehead atoms. The normalized spacial score (nSPS) is 12.8. The first-order chi connectivity index (χ1) is 33.6. The van der Waals surface area contributed by atoms with Gasteiger partial charge in [-0.1, -0.05) is 72.8 Å². The SMILES string of the molecule is C[C@@H](Cc1ncc(F)cn1)S(=O)(=O)N=C(NNC(=O)c1ccco1)Nc1cccc2ccccc12.C[C@H](Cc1ncc(F)cn1)S(=O)(=O)N=C(NNC(=O)c1ccco1)Nc1cccc2ccccc12. The number of rotatable bonds is 12. The van der Waals surface area contributed by atoms with E-state index >= 15 is 0 Å². The van der Waals surface area contributed by atoms with Crippen LogP contribution in [0.4, 0.5) is 20.2 Å².